The van der Waals surface area contributed by atoms with Gasteiger partial charge >= 0.3 is 5.97 Å². The Kier molecular flexibility index (Phi) is 6.54. The van der Waals surface area contributed by atoms with E-state index in [1.165, 1.54) is 0 Å². The smallest absolute Gasteiger partial charge is 0.321 e. The fourth-order valence-electron chi connectivity index (χ4n) is 1.17. The third kappa shape index (κ3) is 6.76. The zero-order valence-corrected chi connectivity index (χ0v) is 10.7. The second-order valence-electron chi connectivity index (χ2n) is 3.93. The van der Waals surface area contributed by atoms with Crippen molar-refractivity contribution < 1.29 is 18.3 Å². The molecule has 3 N–H and O–H groups in total. The molecule has 1 atom stereocenters. The van der Waals surface area contributed by atoms with Crippen LogP contribution in [0.1, 0.15) is 40.0 Å². The molecule has 7 heteroatoms. The van der Waals surface area contributed by atoms with Crippen molar-refractivity contribution in [3.8, 4) is 0 Å². The van der Waals surface area contributed by atoms with Crippen molar-refractivity contribution in [2.75, 3.05) is 0 Å². The summed E-state index contributed by atoms with van der Waals surface area (Å²) >= 11 is 0. The lowest BCUT2D eigenvalue weighted by molar-refractivity contribution is -0.139. The summed E-state index contributed by atoms with van der Waals surface area (Å²) in [6, 6.07) is -1.32. The summed E-state index contributed by atoms with van der Waals surface area (Å²) in [5, 5.41) is 8.84. The van der Waals surface area contributed by atoms with Crippen LogP contribution in [-0.4, -0.2) is 31.6 Å². The van der Waals surface area contributed by atoms with Gasteiger partial charge in [0, 0.05) is 6.04 Å². The molecule has 0 rings (SSSR count). The maximum atomic E-state index is 11.4. The van der Waals surface area contributed by atoms with E-state index in [9.17, 15) is 13.2 Å². The molecular weight excluding hydrogens is 232 g/mol. The molecule has 0 amide bonds. The highest BCUT2D eigenvalue weighted by molar-refractivity contribution is 7.87. The summed E-state index contributed by atoms with van der Waals surface area (Å²) in [5.41, 5.74) is 0. The van der Waals surface area contributed by atoms with Gasteiger partial charge in [-0.05, 0) is 20.3 Å². The molecule has 0 fully saturated rings. The average Bonchev–Trinajstić information content (AvgIpc) is 2.09. The molecule has 16 heavy (non-hydrogen) atoms. The van der Waals surface area contributed by atoms with Gasteiger partial charge < -0.3 is 5.11 Å². The first-order chi connectivity index (χ1) is 7.28. The number of carboxylic acids is 1. The molecule has 0 bridgehead atoms. The largest absolute Gasteiger partial charge is 0.480 e. The predicted octanol–water partition coefficient (Wildman–Crippen LogP) is 0.462. The first kappa shape index (κ1) is 15.3. The van der Waals surface area contributed by atoms with Crippen LogP contribution in [0.4, 0.5) is 0 Å². The zero-order valence-electron chi connectivity index (χ0n) is 9.86. The van der Waals surface area contributed by atoms with Crippen LogP contribution in [0, 0.1) is 0 Å². The molecule has 1 unspecified atom stereocenters. The van der Waals surface area contributed by atoms with Crippen LogP contribution in [0.25, 0.3) is 0 Å². The third-order valence-electron chi connectivity index (χ3n) is 1.83. The first-order valence-electron chi connectivity index (χ1n) is 5.31. The van der Waals surface area contributed by atoms with Crippen molar-refractivity contribution in [1.29, 1.82) is 0 Å². The van der Waals surface area contributed by atoms with Crippen LogP contribution < -0.4 is 9.44 Å². The number of nitrogens with one attached hydrogen (secondary N) is 2. The van der Waals surface area contributed by atoms with Gasteiger partial charge in [-0.3, -0.25) is 4.79 Å². The Morgan fingerprint density at radius 3 is 2.25 bits per heavy atom. The quantitative estimate of drug-likeness (QED) is 0.585. The van der Waals surface area contributed by atoms with E-state index in [1.807, 2.05) is 6.92 Å². The molecule has 0 heterocycles. The molecule has 0 spiro atoms. The molecule has 0 aliphatic rings. The Bertz CT molecular complexity index is 313. The summed E-state index contributed by atoms with van der Waals surface area (Å²) in [6.07, 6.45) is 1.79. The SMILES string of the molecule is CCCCC(NS(=O)(=O)NC(C)C)C(=O)O. The fourth-order valence-corrected chi connectivity index (χ4v) is 2.45. The number of carboxylic acid groups (broad SMARTS) is 1. The maximum Gasteiger partial charge on any atom is 0.321 e. The molecule has 0 aromatic carbocycles. The highest BCUT2D eigenvalue weighted by atomic mass is 32.2. The van der Waals surface area contributed by atoms with E-state index < -0.39 is 22.2 Å². The summed E-state index contributed by atoms with van der Waals surface area (Å²) in [5.74, 6) is -1.15. The zero-order chi connectivity index (χ0) is 12.8. The molecule has 0 aliphatic heterocycles. The summed E-state index contributed by atoms with van der Waals surface area (Å²) in [4.78, 5) is 10.8. The van der Waals surface area contributed by atoms with Crippen molar-refractivity contribution in [1.82, 2.24) is 9.44 Å². The predicted molar refractivity (Wildman–Crippen MR) is 61.3 cm³/mol. The highest BCUT2D eigenvalue weighted by Gasteiger charge is 2.23. The Morgan fingerprint density at radius 1 is 1.31 bits per heavy atom. The van der Waals surface area contributed by atoms with E-state index in [1.54, 1.807) is 13.8 Å². The Balaban J connectivity index is 4.44. The van der Waals surface area contributed by atoms with Gasteiger partial charge in [-0.15, -0.1) is 0 Å². The standard InChI is InChI=1S/C9H20N2O4S/c1-4-5-6-8(9(12)13)11-16(14,15)10-7(2)3/h7-8,10-11H,4-6H2,1-3H3,(H,12,13). The van der Waals surface area contributed by atoms with Gasteiger partial charge in [0.05, 0.1) is 0 Å². The Hall–Kier alpha value is -0.660. The number of rotatable bonds is 8. The van der Waals surface area contributed by atoms with Gasteiger partial charge in [0.1, 0.15) is 6.04 Å². The third-order valence-corrected chi connectivity index (χ3v) is 3.21. The van der Waals surface area contributed by atoms with Crippen LogP contribution in [0.3, 0.4) is 0 Å². The van der Waals surface area contributed by atoms with E-state index in [0.29, 0.717) is 12.8 Å². The topological polar surface area (TPSA) is 95.5 Å². The fraction of sp³-hybridized carbons (Fsp3) is 0.889. The number of aliphatic carboxylic acids is 1. The normalized spacial score (nSPS) is 14.0. The minimum absolute atomic E-state index is 0.266. The van der Waals surface area contributed by atoms with Crippen LogP contribution in [0.2, 0.25) is 0 Å². The minimum atomic E-state index is -3.74. The van der Waals surface area contributed by atoms with Crippen molar-refractivity contribution in [3.63, 3.8) is 0 Å². The summed E-state index contributed by atoms with van der Waals surface area (Å²) in [6.45, 7) is 5.25. The van der Waals surface area contributed by atoms with Gasteiger partial charge in [-0.1, -0.05) is 19.8 Å². The monoisotopic (exact) mass is 252 g/mol. The lowest BCUT2D eigenvalue weighted by atomic mass is 10.1. The molecule has 0 aliphatic carbocycles. The van der Waals surface area contributed by atoms with Crippen LogP contribution in [0.15, 0.2) is 0 Å². The molecule has 0 saturated heterocycles. The Labute approximate surface area is 96.6 Å². The second-order valence-corrected chi connectivity index (χ2v) is 5.41. The van der Waals surface area contributed by atoms with Crippen LogP contribution in [0.5, 0.6) is 0 Å². The first-order valence-corrected chi connectivity index (χ1v) is 6.79. The van der Waals surface area contributed by atoms with Crippen molar-refractivity contribution in [2.45, 2.75) is 52.1 Å². The van der Waals surface area contributed by atoms with E-state index in [2.05, 4.69) is 9.44 Å². The Morgan fingerprint density at radius 2 is 1.88 bits per heavy atom. The van der Waals surface area contributed by atoms with Crippen molar-refractivity contribution >= 4 is 16.2 Å². The maximum absolute atomic E-state index is 11.4. The lowest BCUT2D eigenvalue weighted by Gasteiger charge is -2.16. The molecule has 0 aromatic heterocycles. The van der Waals surface area contributed by atoms with Gasteiger partial charge in [0.2, 0.25) is 0 Å². The molecule has 96 valence electrons. The van der Waals surface area contributed by atoms with E-state index in [-0.39, 0.29) is 6.04 Å². The van der Waals surface area contributed by atoms with Gasteiger partial charge in [0.15, 0.2) is 0 Å². The molecule has 0 radical (unpaired) electrons. The van der Waals surface area contributed by atoms with E-state index >= 15 is 0 Å². The lowest BCUT2D eigenvalue weighted by Crippen LogP contribution is -2.48. The van der Waals surface area contributed by atoms with Gasteiger partial charge in [0.25, 0.3) is 10.2 Å². The number of unbranched alkanes of at least 4 members (excludes halogenated alkanes) is 1. The second kappa shape index (κ2) is 6.82. The number of carbonyl (C=O) groups is 1. The summed E-state index contributed by atoms with van der Waals surface area (Å²) < 4.78 is 27.3. The van der Waals surface area contributed by atoms with E-state index in [4.69, 9.17) is 5.11 Å². The molecule has 6 nitrogen and oxygen atoms in total. The van der Waals surface area contributed by atoms with Gasteiger partial charge in [-0.2, -0.15) is 17.9 Å². The highest BCUT2D eigenvalue weighted by Crippen LogP contribution is 2.02. The number of hydrogen-bond acceptors (Lipinski definition) is 3. The molecular formula is C9H20N2O4S. The van der Waals surface area contributed by atoms with Crippen molar-refractivity contribution in [2.24, 2.45) is 0 Å². The van der Waals surface area contributed by atoms with Gasteiger partial charge in [-0.25, -0.2) is 0 Å². The van der Waals surface area contributed by atoms with E-state index in [0.717, 1.165) is 6.42 Å². The average molecular weight is 252 g/mol. The van der Waals surface area contributed by atoms with Crippen LogP contribution >= 0.6 is 0 Å². The minimum Gasteiger partial charge on any atom is -0.480 e. The summed E-state index contributed by atoms with van der Waals surface area (Å²) in [7, 11) is -3.74. The van der Waals surface area contributed by atoms with Crippen molar-refractivity contribution in [3.05, 3.63) is 0 Å². The number of hydrogen-bond donors (Lipinski definition) is 3. The van der Waals surface area contributed by atoms with Crippen LogP contribution in [-0.2, 0) is 15.0 Å². The molecule has 0 saturated carbocycles. The molecule has 0 aromatic rings.